The van der Waals surface area contributed by atoms with Crippen LogP contribution in [0.15, 0.2) is 52.9 Å². The molecule has 1 heterocycles. The lowest BCUT2D eigenvalue weighted by atomic mass is 10.1. The maximum atomic E-state index is 12.8. The fraction of sp³-hybridized carbons (Fsp3) is 0.250. The Hall–Kier alpha value is -2.82. The van der Waals surface area contributed by atoms with Crippen molar-refractivity contribution in [3.05, 3.63) is 65.2 Å². The molecular formula is C20H22N4O4S2. The molecule has 0 bridgehead atoms. The number of aryl methyl sites for hydroxylation is 1. The number of benzene rings is 2. The van der Waals surface area contributed by atoms with Gasteiger partial charge in [-0.1, -0.05) is 48.1 Å². The first-order valence-corrected chi connectivity index (χ1v) is 11.5. The van der Waals surface area contributed by atoms with E-state index in [-0.39, 0.29) is 15.4 Å². The van der Waals surface area contributed by atoms with Crippen LogP contribution in [0.25, 0.3) is 0 Å². The van der Waals surface area contributed by atoms with Crippen LogP contribution < -0.4 is 14.8 Å². The molecule has 1 atom stereocenters. The minimum Gasteiger partial charge on any atom is -0.497 e. The van der Waals surface area contributed by atoms with Crippen molar-refractivity contribution >= 4 is 32.4 Å². The Kier molecular flexibility index (Phi) is 6.80. The van der Waals surface area contributed by atoms with E-state index in [0.717, 1.165) is 22.5 Å². The van der Waals surface area contributed by atoms with Crippen LogP contribution in [0, 0.1) is 6.92 Å². The van der Waals surface area contributed by atoms with Crippen LogP contribution in [0.3, 0.4) is 0 Å². The molecule has 1 unspecified atom stereocenters. The van der Waals surface area contributed by atoms with E-state index >= 15 is 0 Å². The van der Waals surface area contributed by atoms with Crippen LogP contribution in [0.2, 0.25) is 0 Å². The predicted molar refractivity (Wildman–Crippen MR) is 115 cm³/mol. The molecule has 3 rings (SSSR count). The number of carbonyl (C=O) groups excluding carboxylic acids is 1. The molecule has 2 aromatic carbocycles. The number of anilines is 1. The van der Waals surface area contributed by atoms with Crippen LogP contribution >= 0.6 is 11.3 Å². The zero-order valence-electron chi connectivity index (χ0n) is 16.7. The summed E-state index contributed by atoms with van der Waals surface area (Å²) in [6, 6.07) is 13.7. The van der Waals surface area contributed by atoms with Crippen molar-refractivity contribution < 1.29 is 17.9 Å². The number of nitrogens with one attached hydrogen (secondary N) is 2. The number of methoxy groups -OCH3 is 1. The highest BCUT2D eigenvalue weighted by molar-refractivity contribution is 7.91. The fourth-order valence-electron chi connectivity index (χ4n) is 2.70. The molecule has 0 spiro atoms. The second-order valence-corrected chi connectivity index (χ2v) is 9.41. The Balaban J connectivity index is 1.72. The summed E-state index contributed by atoms with van der Waals surface area (Å²) in [6.45, 7) is 3.80. The van der Waals surface area contributed by atoms with E-state index in [1.54, 1.807) is 31.4 Å². The molecule has 1 aromatic heterocycles. The van der Waals surface area contributed by atoms with Crippen molar-refractivity contribution in [3.63, 3.8) is 0 Å². The Bertz CT molecular complexity index is 1110. The average molecular weight is 447 g/mol. The Morgan fingerprint density at radius 1 is 1.10 bits per heavy atom. The normalized spacial score (nSPS) is 12.4. The van der Waals surface area contributed by atoms with Gasteiger partial charge in [0.15, 0.2) is 0 Å². The smallest absolute Gasteiger partial charge is 0.270 e. The number of rotatable bonds is 8. The second kappa shape index (κ2) is 9.33. The quantitative estimate of drug-likeness (QED) is 0.512. The largest absolute Gasteiger partial charge is 0.497 e. The molecule has 2 N–H and O–H groups in total. The zero-order chi connectivity index (χ0) is 21.7. The zero-order valence-corrected chi connectivity index (χ0v) is 18.4. The molecule has 158 valence electrons. The summed E-state index contributed by atoms with van der Waals surface area (Å²) < 4.78 is 33.1. The van der Waals surface area contributed by atoms with Gasteiger partial charge in [0.2, 0.25) is 9.47 Å². The molecule has 3 aromatic rings. The molecule has 1 amide bonds. The maximum absolute atomic E-state index is 12.8. The average Bonchev–Trinajstić information content (AvgIpc) is 3.22. The first kappa shape index (κ1) is 21.9. The molecule has 8 nitrogen and oxygen atoms in total. The topological polar surface area (TPSA) is 110 Å². The molecule has 0 aliphatic heterocycles. The van der Waals surface area contributed by atoms with Gasteiger partial charge in [-0.3, -0.25) is 10.1 Å². The minimum atomic E-state index is -3.91. The van der Waals surface area contributed by atoms with Gasteiger partial charge in [-0.05, 0) is 43.2 Å². The molecule has 0 fully saturated rings. The standard InChI is InChI=1S/C20H22N4O4S2/c1-4-17(14-9-11-16(28-3)12-10-14)24-30(26,27)20-23-22-19(29-20)21-18(25)15-7-5-13(2)6-8-15/h5-12,17,24H,4H2,1-3H3,(H,21,22,25). The molecular weight excluding hydrogens is 424 g/mol. The van der Waals surface area contributed by atoms with E-state index in [4.69, 9.17) is 4.74 Å². The van der Waals surface area contributed by atoms with Crippen molar-refractivity contribution in [2.24, 2.45) is 0 Å². The third kappa shape index (κ3) is 5.21. The van der Waals surface area contributed by atoms with Gasteiger partial charge in [0.05, 0.1) is 7.11 Å². The van der Waals surface area contributed by atoms with Gasteiger partial charge in [0.1, 0.15) is 5.75 Å². The number of hydrogen-bond donors (Lipinski definition) is 2. The summed E-state index contributed by atoms with van der Waals surface area (Å²) in [5, 5.41) is 10.2. The number of ether oxygens (including phenoxy) is 1. The van der Waals surface area contributed by atoms with Crippen molar-refractivity contribution in [1.29, 1.82) is 0 Å². The van der Waals surface area contributed by atoms with Gasteiger partial charge < -0.3 is 4.74 Å². The monoisotopic (exact) mass is 446 g/mol. The fourth-order valence-corrected chi connectivity index (χ4v) is 4.92. The number of aromatic nitrogens is 2. The van der Waals surface area contributed by atoms with E-state index in [9.17, 15) is 13.2 Å². The summed E-state index contributed by atoms with van der Waals surface area (Å²) >= 11 is 0.795. The van der Waals surface area contributed by atoms with Crippen molar-refractivity contribution in [2.45, 2.75) is 30.6 Å². The molecule has 0 radical (unpaired) electrons. The Morgan fingerprint density at radius 3 is 2.37 bits per heavy atom. The summed E-state index contributed by atoms with van der Waals surface area (Å²) in [4.78, 5) is 12.3. The van der Waals surface area contributed by atoms with Crippen LogP contribution in [0.4, 0.5) is 5.13 Å². The summed E-state index contributed by atoms with van der Waals surface area (Å²) in [5.41, 5.74) is 2.28. The highest BCUT2D eigenvalue weighted by atomic mass is 32.2. The Labute approximate surface area is 179 Å². The highest BCUT2D eigenvalue weighted by Crippen LogP contribution is 2.25. The number of sulfonamides is 1. The molecule has 30 heavy (non-hydrogen) atoms. The van der Waals surface area contributed by atoms with E-state index in [2.05, 4.69) is 20.2 Å². The van der Waals surface area contributed by atoms with Crippen molar-refractivity contribution in [3.8, 4) is 5.75 Å². The number of nitrogens with zero attached hydrogens (tertiary/aromatic N) is 2. The van der Waals surface area contributed by atoms with E-state index in [1.807, 2.05) is 38.1 Å². The van der Waals surface area contributed by atoms with Gasteiger partial charge in [-0.15, -0.1) is 10.2 Å². The summed E-state index contributed by atoms with van der Waals surface area (Å²) in [5.74, 6) is 0.308. The molecule has 10 heteroatoms. The predicted octanol–water partition coefficient (Wildman–Crippen LogP) is 3.54. The Morgan fingerprint density at radius 2 is 1.77 bits per heavy atom. The van der Waals surface area contributed by atoms with Crippen LogP contribution in [-0.4, -0.2) is 31.6 Å². The highest BCUT2D eigenvalue weighted by Gasteiger charge is 2.25. The van der Waals surface area contributed by atoms with Crippen LogP contribution in [0.5, 0.6) is 5.75 Å². The third-order valence-electron chi connectivity index (χ3n) is 4.39. The van der Waals surface area contributed by atoms with Crippen LogP contribution in [-0.2, 0) is 10.0 Å². The third-order valence-corrected chi connectivity index (χ3v) is 7.07. The number of carbonyl (C=O) groups is 1. The van der Waals surface area contributed by atoms with Gasteiger partial charge in [0.25, 0.3) is 15.9 Å². The first-order chi connectivity index (χ1) is 14.3. The second-order valence-electron chi connectivity index (χ2n) is 6.55. The summed E-state index contributed by atoms with van der Waals surface area (Å²) in [6.07, 6.45) is 0.543. The van der Waals surface area contributed by atoms with E-state index in [1.165, 1.54) is 0 Å². The SMILES string of the molecule is CCC(NS(=O)(=O)c1nnc(NC(=O)c2ccc(C)cc2)s1)c1ccc(OC)cc1. The minimum absolute atomic E-state index is 0.110. The number of hydrogen-bond acceptors (Lipinski definition) is 7. The molecule has 0 aliphatic rings. The van der Waals surface area contributed by atoms with Gasteiger partial charge in [-0.2, -0.15) is 0 Å². The van der Waals surface area contributed by atoms with Crippen molar-refractivity contribution in [2.75, 3.05) is 12.4 Å². The first-order valence-electron chi connectivity index (χ1n) is 9.20. The lowest BCUT2D eigenvalue weighted by molar-refractivity contribution is 0.102. The van der Waals surface area contributed by atoms with Crippen LogP contribution in [0.1, 0.15) is 40.9 Å². The van der Waals surface area contributed by atoms with Gasteiger partial charge in [-0.25, -0.2) is 13.1 Å². The van der Waals surface area contributed by atoms with Crippen molar-refractivity contribution in [1.82, 2.24) is 14.9 Å². The van der Waals surface area contributed by atoms with Gasteiger partial charge >= 0.3 is 0 Å². The molecule has 0 saturated carbocycles. The molecule has 0 aliphatic carbocycles. The maximum Gasteiger partial charge on any atom is 0.270 e. The van der Waals surface area contributed by atoms with Gasteiger partial charge in [0, 0.05) is 11.6 Å². The van der Waals surface area contributed by atoms with E-state index < -0.39 is 16.1 Å². The lowest BCUT2D eigenvalue weighted by Gasteiger charge is -2.16. The number of amides is 1. The lowest BCUT2D eigenvalue weighted by Crippen LogP contribution is -2.28. The summed E-state index contributed by atoms with van der Waals surface area (Å²) in [7, 11) is -2.34. The molecule has 0 saturated heterocycles. The van der Waals surface area contributed by atoms with E-state index in [0.29, 0.717) is 17.7 Å².